The molecule has 3 aliphatic carbocycles. The lowest BCUT2D eigenvalue weighted by Gasteiger charge is -2.62. The molecule has 0 radical (unpaired) electrons. The van der Waals surface area contributed by atoms with Crippen LogP contribution in [0.25, 0.3) is 0 Å². The first-order valence-corrected chi connectivity index (χ1v) is 10.7. The Morgan fingerprint density at radius 2 is 1.93 bits per heavy atom. The summed E-state index contributed by atoms with van der Waals surface area (Å²) in [6.45, 7) is 7.31. The predicted octanol–water partition coefficient (Wildman–Crippen LogP) is 2.08. The van der Waals surface area contributed by atoms with Crippen molar-refractivity contribution < 1.29 is 29.6 Å². The minimum Gasteiger partial charge on any atom is -0.460 e. The van der Waals surface area contributed by atoms with E-state index in [-0.39, 0.29) is 30.1 Å². The standard InChI is InChI=1S/C22H36O6/c1-5-20(3)10-16(28-17(26)12-24)21(4)13(2)6-8-22(14(11-23)19(20)27)9-7-15(25)18(21)22/h13-14,16,18-19,23-24,27H,5-12H2,1-4H3/t13-,14+,16-,18?,19+,20+,21+,22+/m1/s1. The van der Waals surface area contributed by atoms with Crippen molar-refractivity contribution in [1.29, 1.82) is 0 Å². The molecule has 6 nitrogen and oxygen atoms in total. The van der Waals surface area contributed by atoms with E-state index < -0.39 is 41.0 Å². The van der Waals surface area contributed by atoms with Gasteiger partial charge in [-0.1, -0.05) is 27.7 Å². The average molecular weight is 397 g/mol. The topological polar surface area (TPSA) is 104 Å². The molecular weight excluding hydrogens is 360 g/mol. The van der Waals surface area contributed by atoms with Crippen LogP contribution in [0.4, 0.5) is 0 Å². The smallest absolute Gasteiger partial charge is 0.332 e. The maximum absolute atomic E-state index is 13.2. The number of Topliss-reactive ketones (excluding diaryl/α,β-unsaturated/α-hetero) is 1. The molecule has 2 bridgehead atoms. The molecule has 0 aromatic rings. The molecule has 1 unspecified atom stereocenters. The molecule has 0 aliphatic heterocycles. The van der Waals surface area contributed by atoms with Gasteiger partial charge in [0.05, 0.1) is 6.10 Å². The fourth-order valence-electron chi connectivity index (χ4n) is 6.93. The van der Waals surface area contributed by atoms with Gasteiger partial charge in [0, 0.05) is 30.3 Å². The number of esters is 1. The van der Waals surface area contributed by atoms with Crippen molar-refractivity contribution in [3.63, 3.8) is 0 Å². The van der Waals surface area contributed by atoms with Gasteiger partial charge in [0.25, 0.3) is 0 Å². The Kier molecular flexibility index (Phi) is 5.72. The summed E-state index contributed by atoms with van der Waals surface area (Å²) in [7, 11) is 0. The van der Waals surface area contributed by atoms with Crippen molar-refractivity contribution in [3.8, 4) is 0 Å². The summed E-state index contributed by atoms with van der Waals surface area (Å²) in [5.41, 5.74) is -1.61. The van der Waals surface area contributed by atoms with Gasteiger partial charge in [-0.05, 0) is 48.9 Å². The highest BCUT2D eigenvalue weighted by Crippen LogP contribution is 2.68. The third-order valence-corrected chi connectivity index (χ3v) is 9.05. The Hall–Kier alpha value is -0.980. The molecule has 8 atom stereocenters. The lowest BCUT2D eigenvalue weighted by atomic mass is 9.43. The molecule has 0 aromatic heterocycles. The predicted molar refractivity (Wildman–Crippen MR) is 103 cm³/mol. The van der Waals surface area contributed by atoms with Gasteiger partial charge in [0.1, 0.15) is 18.5 Å². The highest BCUT2D eigenvalue weighted by Gasteiger charge is 2.69. The van der Waals surface area contributed by atoms with E-state index >= 15 is 0 Å². The monoisotopic (exact) mass is 396 g/mol. The summed E-state index contributed by atoms with van der Waals surface area (Å²) in [6.07, 6.45) is 2.49. The van der Waals surface area contributed by atoms with Crippen LogP contribution >= 0.6 is 0 Å². The van der Waals surface area contributed by atoms with Crippen LogP contribution in [0.2, 0.25) is 0 Å². The van der Waals surface area contributed by atoms with E-state index in [1.54, 1.807) is 0 Å². The van der Waals surface area contributed by atoms with E-state index in [1.165, 1.54) is 0 Å². The van der Waals surface area contributed by atoms with Crippen LogP contribution < -0.4 is 0 Å². The zero-order chi connectivity index (χ0) is 20.9. The van der Waals surface area contributed by atoms with E-state index in [2.05, 4.69) is 13.8 Å². The Labute approximate surface area is 167 Å². The van der Waals surface area contributed by atoms with Crippen molar-refractivity contribution in [2.24, 2.45) is 34.0 Å². The normalized spacial score (nSPS) is 48.5. The van der Waals surface area contributed by atoms with Crippen LogP contribution in [0, 0.1) is 34.0 Å². The van der Waals surface area contributed by atoms with Crippen molar-refractivity contribution in [1.82, 2.24) is 0 Å². The van der Waals surface area contributed by atoms with Crippen molar-refractivity contribution in [2.75, 3.05) is 13.2 Å². The SMILES string of the molecule is CC[C@@]1(C)C[C@@H](OC(=O)CO)[C@@]2(C)C3C(=O)CC[C@@]3(CC[C@H]2C)[C@@H](CO)[C@@H]1O. The number of hydrogen-bond acceptors (Lipinski definition) is 6. The van der Waals surface area contributed by atoms with Gasteiger partial charge in [0.2, 0.25) is 0 Å². The second-order valence-electron chi connectivity index (χ2n) is 10.0. The summed E-state index contributed by atoms with van der Waals surface area (Å²) in [5.74, 6) is -1.10. The lowest BCUT2D eigenvalue weighted by Crippen LogP contribution is -2.64. The van der Waals surface area contributed by atoms with Gasteiger partial charge in [-0.3, -0.25) is 4.79 Å². The Balaban J connectivity index is 2.22. The zero-order valence-electron chi connectivity index (χ0n) is 17.6. The van der Waals surface area contributed by atoms with Crippen LogP contribution in [0.1, 0.15) is 66.2 Å². The fourth-order valence-corrected chi connectivity index (χ4v) is 6.93. The number of carbonyl (C=O) groups is 2. The Morgan fingerprint density at radius 1 is 1.25 bits per heavy atom. The lowest BCUT2D eigenvalue weighted by molar-refractivity contribution is -0.219. The molecule has 3 N–H and O–H groups in total. The van der Waals surface area contributed by atoms with Crippen LogP contribution in [-0.2, 0) is 14.3 Å². The first-order chi connectivity index (χ1) is 13.1. The highest BCUT2D eigenvalue weighted by atomic mass is 16.6. The molecule has 0 amide bonds. The molecule has 3 rings (SSSR count). The van der Waals surface area contributed by atoms with Crippen molar-refractivity contribution in [2.45, 2.75) is 78.4 Å². The quantitative estimate of drug-likeness (QED) is 0.629. The summed E-state index contributed by atoms with van der Waals surface area (Å²) in [4.78, 5) is 25.3. The summed E-state index contributed by atoms with van der Waals surface area (Å²) >= 11 is 0. The summed E-state index contributed by atoms with van der Waals surface area (Å²) in [5, 5.41) is 31.1. The minimum atomic E-state index is -0.788. The van der Waals surface area contributed by atoms with Crippen LogP contribution in [-0.4, -0.2) is 52.5 Å². The first-order valence-electron chi connectivity index (χ1n) is 10.7. The van der Waals surface area contributed by atoms with E-state index in [1.807, 2.05) is 13.8 Å². The average Bonchev–Trinajstić information content (AvgIpc) is 3.02. The fraction of sp³-hybridized carbons (Fsp3) is 0.909. The second-order valence-corrected chi connectivity index (χ2v) is 10.0. The van der Waals surface area contributed by atoms with E-state index in [4.69, 9.17) is 4.74 Å². The van der Waals surface area contributed by atoms with Crippen molar-refractivity contribution >= 4 is 11.8 Å². The number of ether oxygens (including phenoxy) is 1. The molecule has 0 spiro atoms. The number of hydrogen-bond donors (Lipinski definition) is 3. The summed E-state index contributed by atoms with van der Waals surface area (Å²) < 4.78 is 5.79. The molecular formula is C22H36O6. The van der Waals surface area contributed by atoms with Gasteiger partial charge in [0.15, 0.2) is 0 Å². The van der Waals surface area contributed by atoms with Gasteiger partial charge in [-0.15, -0.1) is 0 Å². The number of aliphatic hydroxyl groups is 3. The number of rotatable bonds is 4. The second kappa shape index (κ2) is 7.37. The minimum absolute atomic E-state index is 0.147. The van der Waals surface area contributed by atoms with Gasteiger partial charge in [-0.25, -0.2) is 4.79 Å². The van der Waals surface area contributed by atoms with Crippen LogP contribution in [0.15, 0.2) is 0 Å². The Morgan fingerprint density at radius 3 is 2.50 bits per heavy atom. The molecule has 28 heavy (non-hydrogen) atoms. The molecule has 3 saturated carbocycles. The maximum atomic E-state index is 13.2. The van der Waals surface area contributed by atoms with Gasteiger partial charge < -0.3 is 20.1 Å². The number of aliphatic hydroxyl groups excluding tert-OH is 3. The highest BCUT2D eigenvalue weighted by molar-refractivity contribution is 5.85. The van der Waals surface area contributed by atoms with Gasteiger partial charge in [-0.2, -0.15) is 0 Å². The van der Waals surface area contributed by atoms with E-state index in [9.17, 15) is 24.9 Å². The third kappa shape index (κ3) is 2.86. The Bertz CT molecular complexity index is 635. The molecule has 160 valence electrons. The molecule has 0 saturated heterocycles. The number of ketones is 1. The molecule has 0 heterocycles. The van der Waals surface area contributed by atoms with E-state index in [0.29, 0.717) is 25.7 Å². The molecule has 6 heteroatoms. The number of carbonyl (C=O) groups excluding carboxylic acids is 2. The molecule has 3 aliphatic rings. The largest absolute Gasteiger partial charge is 0.460 e. The molecule has 0 aromatic carbocycles. The zero-order valence-corrected chi connectivity index (χ0v) is 17.6. The summed E-state index contributed by atoms with van der Waals surface area (Å²) in [6, 6.07) is 0. The third-order valence-electron chi connectivity index (χ3n) is 9.05. The molecule has 3 fully saturated rings. The van der Waals surface area contributed by atoms with E-state index in [0.717, 1.165) is 12.8 Å². The van der Waals surface area contributed by atoms with Crippen LogP contribution in [0.3, 0.4) is 0 Å². The van der Waals surface area contributed by atoms with Gasteiger partial charge >= 0.3 is 5.97 Å². The first kappa shape index (κ1) is 21.7. The van der Waals surface area contributed by atoms with Crippen LogP contribution in [0.5, 0.6) is 0 Å². The maximum Gasteiger partial charge on any atom is 0.332 e. The van der Waals surface area contributed by atoms with Crippen molar-refractivity contribution in [3.05, 3.63) is 0 Å².